The van der Waals surface area contributed by atoms with Crippen LogP contribution in [0.15, 0.2) is 30.3 Å². The summed E-state index contributed by atoms with van der Waals surface area (Å²) in [5.74, 6) is -1.19. The largest absolute Gasteiger partial charge is 0.480 e. The lowest BCUT2D eigenvalue weighted by Gasteiger charge is -2.15. The Labute approximate surface area is 136 Å². The molecule has 1 aromatic carbocycles. The zero-order valence-corrected chi connectivity index (χ0v) is 13.6. The van der Waals surface area contributed by atoms with Gasteiger partial charge in [-0.15, -0.1) is 0 Å². The maximum Gasteiger partial charge on any atom is 0.321 e. The maximum atomic E-state index is 10.9. The molecule has 1 aromatic rings. The molecule has 0 bridgehead atoms. The Hall–Kier alpha value is -1.92. The summed E-state index contributed by atoms with van der Waals surface area (Å²) in [7, 11) is 0. The van der Waals surface area contributed by atoms with Crippen molar-refractivity contribution in [2.24, 2.45) is 11.7 Å². The van der Waals surface area contributed by atoms with Gasteiger partial charge < -0.3 is 21.3 Å². The van der Waals surface area contributed by atoms with Crippen LogP contribution in [0.5, 0.6) is 0 Å². The predicted octanol–water partition coefficient (Wildman–Crippen LogP) is 1.66. The summed E-state index contributed by atoms with van der Waals surface area (Å²) in [4.78, 5) is 21.0. The predicted molar refractivity (Wildman–Crippen MR) is 88.3 cm³/mol. The number of nitrogens with two attached hydrogens (primary N) is 1. The van der Waals surface area contributed by atoms with Crippen LogP contribution in [-0.4, -0.2) is 40.8 Å². The van der Waals surface area contributed by atoms with Gasteiger partial charge in [0.2, 0.25) is 0 Å². The van der Waals surface area contributed by atoms with Crippen LogP contribution in [-0.2, 0) is 9.59 Å². The van der Waals surface area contributed by atoms with Gasteiger partial charge >= 0.3 is 11.9 Å². The highest BCUT2D eigenvalue weighted by Crippen LogP contribution is 2.27. The highest BCUT2D eigenvalue weighted by Gasteiger charge is 2.33. The van der Waals surface area contributed by atoms with Crippen LogP contribution >= 0.6 is 0 Å². The molecule has 2 rings (SSSR count). The summed E-state index contributed by atoms with van der Waals surface area (Å²) in [5.41, 5.74) is 6.33. The molecule has 1 heterocycles. The Kier molecular flexibility index (Phi) is 7.71. The minimum absolute atomic E-state index is 0.119. The molecule has 6 nitrogen and oxygen atoms in total. The zero-order chi connectivity index (χ0) is 17.4. The lowest BCUT2D eigenvalue weighted by atomic mass is 9.92. The van der Waals surface area contributed by atoms with Crippen LogP contribution in [0.25, 0.3) is 0 Å². The fourth-order valence-corrected chi connectivity index (χ4v) is 2.63. The van der Waals surface area contributed by atoms with Crippen LogP contribution in [0.3, 0.4) is 0 Å². The monoisotopic (exact) mass is 322 g/mol. The number of rotatable bonds is 5. The van der Waals surface area contributed by atoms with Crippen molar-refractivity contribution in [1.29, 1.82) is 0 Å². The van der Waals surface area contributed by atoms with Crippen LogP contribution in [0.4, 0.5) is 0 Å². The molecule has 3 atom stereocenters. The molecule has 0 spiro atoms. The number of nitrogens with one attached hydrogen (secondary N) is 1. The molecule has 1 fully saturated rings. The number of carboxylic acid groups (broad SMARTS) is 2. The lowest BCUT2D eigenvalue weighted by Crippen LogP contribution is -2.34. The molecule has 23 heavy (non-hydrogen) atoms. The summed E-state index contributed by atoms with van der Waals surface area (Å²) in [6.07, 6.45) is 1.45. The molecule has 0 amide bonds. The highest BCUT2D eigenvalue weighted by molar-refractivity contribution is 5.75. The van der Waals surface area contributed by atoms with E-state index in [0.29, 0.717) is 12.3 Å². The lowest BCUT2D eigenvalue weighted by molar-refractivity contribution is -0.140. The number of hydrogen-bond donors (Lipinski definition) is 4. The molecular formula is C17H26N2O4. The van der Waals surface area contributed by atoms with Gasteiger partial charge in [-0.25, -0.2) is 0 Å². The maximum absolute atomic E-state index is 10.9. The van der Waals surface area contributed by atoms with E-state index in [9.17, 15) is 9.59 Å². The number of carboxylic acids is 2. The number of aliphatic carboxylic acids is 2. The smallest absolute Gasteiger partial charge is 0.321 e. The van der Waals surface area contributed by atoms with Crippen molar-refractivity contribution in [3.05, 3.63) is 35.9 Å². The van der Waals surface area contributed by atoms with Crippen molar-refractivity contribution in [3.8, 4) is 0 Å². The second kappa shape index (κ2) is 9.27. The molecule has 5 N–H and O–H groups in total. The first kappa shape index (κ1) is 19.1. The van der Waals surface area contributed by atoms with Gasteiger partial charge in [0.15, 0.2) is 0 Å². The van der Waals surface area contributed by atoms with Gasteiger partial charge in [-0.05, 0) is 30.9 Å². The van der Waals surface area contributed by atoms with Crippen molar-refractivity contribution in [1.82, 2.24) is 5.32 Å². The van der Waals surface area contributed by atoms with E-state index in [0.717, 1.165) is 18.5 Å². The average Bonchev–Trinajstić information content (AvgIpc) is 2.97. The van der Waals surface area contributed by atoms with Crippen LogP contribution in [0, 0.1) is 5.92 Å². The van der Waals surface area contributed by atoms with Gasteiger partial charge in [0.25, 0.3) is 0 Å². The van der Waals surface area contributed by atoms with Crippen molar-refractivity contribution in [2.45, 2.75) is 44.7 Å². The molecule has 0 radical (unpaired) electrons. The molecule has 128 valence electrons. The molecule has 0 aromatic heterocycles. The van der Waals surface area contributed by atoms with E-state index in [1.807, 2.05) is 44.2 Å². The van der Waals surface area contributed by atoms with E-state index in [1.54, 1.807) is 0 Å². The van der Waals surface area contributed by atoms with Crippen LogP contribution in [0.2, 0.25) is 0 Å². The summed E-state index contributed by atoms with van der Waals surface area (Å²) in [5, 5.41) is 20.3. The van der Waals surface area contributed by atoms with Crippen molar-refractivity contribution in [3.63, 3.8) is 0 Å². The van der Waals surface area contributed by atoms with E-state index in [-0.39, 0.29) is 5.92 Å². The van der Waals surface area contributed by atoms with Gasteiger partial charge in [0, 0.05) is 5.92 Å². The molecule has 1 aliphatic heterocycles. The SMILES string of the molecule is CC(C)C[C@H](N)C(=O)O.O=C(O)[C@H]1NCC[C@H]1c1ccccc1. The van der Waals surface area contributed by atoms with Crippen LogP contribution < -0.4 is 11.1 Å². The van der Waals surface area contributed by atoms with Gasteiger partial charge in [-0.2, -0.15) is 0 Å². The van der Waals surface area contributed by atoms with Gasteiger partial charge in [-0.3, -0.25) is 9.59 Å². The quantitative estimate of drug-likeness (QED) is 0.656. The molecular weight excluding hydrogens is 296 g/mol. The number of carbonyl (C=O) groups is 2. The molecule has 1 aliphatic rings. The highest BCUT2D eigenvalue weighted by atomic mass is 16.4. The topological polar surface area (TPSA) is 113 Å². The number of benzene rings is 1. The molecule has 0 aliphatic carbocycles. The Morgan fingerprint density at radius 2 is 1.87 bits per heavy atom. The van der Waals surface area contributed by atoms with E-state index < -0.39 is 24.0 Å². The van der Waals surface area contributed by atoms with E-state index in [4.69, 9.17) is 15.9 Å². The van der Waals surface area contributed by atoms with Crippen molar-refractivity contribution >= 4 is 11.9 Å². The fraction of sp³-hybridized carbons (Fsp3) is 0.529. The third-order valence-electron chi connectivity index (χ3n) is 3.76. The minimum atomic E-state index is -0.913. The average molecular weight is 322 g/mol. The number of hydrogen-bond acceptors (Lipinski definition) is 4. The van der Waals surface area contributed by atoms with Gasteiger partial charge in [-0.1, -0.05) is 44.2 Å². The molecule has 0 saturated carbocycles. The standard InChI is InChI=1S/C11H13NO2.C6H13NO2/c13-11(14)10-9(6-7-12-10)8-4-2-1-3-5-8;1-4(2)3-5(7)6(8)9/h1-5,9-10,12H,6-7H2,(H,13,14);4-5H,3,7H2,1-2H3,(H,8,9)/t9-,10-;5-/m00/s1. The van der Waals surface area contributed by atoms with Gasteiger partial charge in [0.05, 0.1) is 0 Å². The molecule has 1 saturated heterocycles. The first-order valence-corrected chi connectivity index (χ1v) is 7.82. The van der Waals surface area contributed by atoms with Crippen molar-refractivity contribution in [2.75, 3.05) is 6.54 Å². The second-order valence-corrected chi connectivity index (χ2v) is 6.15. The van der Waals surface area contributed by atoms with Gasteiger partial charge in [0.1, 0.15) is 12.1 Å². The van der Waals surface area contributed by atoms with Crippen molar-refractivity contribution < 1.29 is 19.8 Å². The first-order chi connectivity index (χ1) is 10.8. The normalized spacial score (nSPS) is 21.4. The first-order valence-electron chi connectivity index (χ1n) is 7.82. The Balaban J connectivity index is 0.000000257. The second-order valence-electron chi connectivity index (χ2n) is 6.15. The molecule has 6 heteroatoms. The third kappa shape index (κ3) is 6.38. The third-order valence-corrected chi connectivity index (χ3v) is 3.76. The van der Waals surface area contributed by atoms with E-state index in [1.165, 1.54) is 0 Å². The Morgan fingerprint density at radius 3 is 2.30 bits per heavy atom. The Bertz CT molecular complexity index is 505. The summed E-state index contributed by atoms with van der Waals surface area (Å²) < 4.78 is 0. The summed E-state index contributed by atoms with van der Waals surface area (Å²) in [6, 6.07) is 8.73. The van der Waals surface area contributed by atoms with E-state index in [2.05, 4.69) is 5.32 Å². The minimum Gasteiger partial charge on any atom is -0.480 e. The molecule has 0 unspecified atom stereocenters. The Morgan fingerprint density at radius 1 is 1.26 bits per heavy atom. The van der Waals surface area contributed by atoms with E-state index >= 15 is 0 Å². The summed E-state index contributed by atoms with van der Waals surface area (Å²) in [6.45, 7) is 4.68. The zero-order valence-electron chi connectivity index (χ0n) is 13.6. The summed E-state index contributed by atoms with van der Waals surface area (Å²) >= 11 is 0. The fourth-order valence-electron chi connectivity index (χ4n) is 2.63. The van der Waals surface area contributed by atoms with Crippen LogP contribution in [0.1, 0.15) is 38.2 Å².